The van der Waals surface area contributed by atoms with Gasteiger partial charge in [-0.1, -0.05) is 13.0 Å². The van der Waals surface area contributed by atoms with E-state index in [1.165, 1.54) is 6.07 Å². The van der Waals surface area contributed by atoms with Gasteiger partial charge in [0.15, 0.2) is 11.6 Å². The quantitative estimate of drug-likeness (QED) is 0.833. The third kappa shape index (κ3) is 3.23. The van der Waals surface area contributed by atoms with Gasteiger partial charge in [0.2, 0.25) is 0 Å². The first kappa shape index (κ1) is 14.1. The standard InChI is InChI=1S/C13H19F2NO/c1-4-9(2)16-13(3,8-17)10-5-6-11(14)12(15)7-10/h5-7,9,16-17H,4,8H2,1-3H3. The smallest absolute Gasteiger partial charge is 0.159 e. The summed E-state index contributed by atoms with van der Waals surface area (Å²) in [5.74, 6) is -1.77. The average molecular weight is 243 g/mol. The Kier molecular flexibility index (Phi) is 4.60. The summed E-state index contributed by atoms with van der Waals surface area (Å²) in [6.45, 7) is 5.59. The summed E-state index contributed by atoms with van der Waals surface area (Å²) in [7, 11) is 0. The second kappa shape index (κ2) is 5.56. The number of rotatable bonds is 5. The average Bonchev–Trinajstić information content (AvgIpc) is 2.32. The molecule has 1 aromatic carbocycles. The van der Waals surface area contributed by atoms with E-state index in [4.69, 9.17) is 0 Å². The van der Waals surface area contributed by atoms with E-state index in [9.17, 15) is 13.9 Å². The molecule has 0 bridgehead atoms. The lowest BCUT2D eigenvalue weighted by Gasteiger charge is -2.32. The van der Waals surface area contributed by atoms with Gasteiger partial charge >= 0.3 is 0 Å². The van der Waals surface area contributed by atoms with Gasteiger partial charge in [-0.3, -0.25) is 0 Å². The Balaban J connectivity index is 3.02. The molecule has 0 spiro atoms. The third-order valence-electron chi connectivity index (χ3n) is 3.05. The molecule has 0 aromatic heterocycles. The molecule has 1 aromatic rings. The van der Waals surface area contributed by atoms with Crippen LogP contribution in [0.5, 0.6) is 0 Å². The van der Waals surface area contributed by atoms with Gasteiger partial charge in [-0.15, -0.1) is 0 Å². The van der Waals surface area contributed by atoms with Crippen molar-refractivity contribution < 1.29 is 13.9 Å². The second-order valence-corrected chi connectivity index (χ2v) is 4.57. The lowest BCUT2D eigenvalue weighted by Crippen LogP contribution is -2.47. The van der Waals surface area contributed by atoms with Gasteiger partial charge in [0.05, 0.1) is 12.1 Å². The fraction of sp³-hybridized carbons (Fsp3) is 0.538. The zero-order chi connectivity index (χ0) is 13.1. The van der Waals surface area contributed by atoms with Gasteiger partial charge in [0.25, 0.3) is 0 Å². The van der Waals surface area contributed by atoms with E-state index < -0.39 is 17.2 Å². The maximum absolute atomic E-state index is 13.2. The summed E-state index contributed by atoms with van der Waals surface area (Å²) < 4.78 is 26.0. The van der Waals surface area contributed by atoms with Crippen molar-refractivity contribution in [2.45, 2.75) is 38.8 Å². The first-order valence-corrected chi connectivity index (χ1v) is 5.77. The minimum atomic E-state index is -0.895. The minimum absolute atomic E-state index is 0.178. The fourth-order valence-electron chi connectivity index (χ4n) is 1.71. The number of halogens is 2. The minimum Gasteiger partial charge on any atom is -0.394 e. The van der Waals surface area contributed by atoms with E-state index in [0.717, 1.165) is 18.6 Å². The van der Waals surface area contributed by atoms with E-state index >= 15 is 0 Å². The van der Waals surface area contributed by atoms with Crippen LogP contribution in [0.4, 0.5) is 8.78 Å². The SMILES string of the molecule is CCC(C)NC(C)(CO)c1ccc(F)c(F)c1. The highest BCUT2D eigenvalue weighted by Crippen LogP contribution is 2.23. The lowest BCUT2D eigenvalue weighted by molar-refractivity contribution is 0.162. The lowest BCUT2D eigenvalue weighted by atomic mass is 9.91. The Labute approximate surface area is 101 Å². The Morgan fingerprint density at radius 1 is 1.35 bits per heavy atom. The number of benzene rings is 1. The van der Waals surface area contributed by atoms with E-state index in [2.05, 4.69) is 5.32 Å². The van der Waals surface area contributed by atoms with Crippen LogP contribution < -0.4 is 5.32 Å². The molecule has 1 rings (SSSR count). The van der Waals surface area contributed by atoms with Crippen molar-refractivity contribution in [1.82, 2.24) is 5.32 Å². The molecule has 96 valence electrons. The van der Waals surface area contributed by atoms with Crippen molar-refractivity contribution in [3.63, 3.8) is 0 Å². The van der Waals surface area contributed by atoms with Crippen LogP contribution in [0.1, 0.15) is 32.8 Å². The highest BCUT2D eigenvalue weighted by atomic mass is 19.2. The predicted molar refractivity (Wildman–Crippen MR) is 63.7 cm³/mol. The Morgan fingerprint density at radius 2 is 2.00 bits per heavy atom. The highest BCUT2D eigenvalue weighted by molar-refractivity contribution is 5.25. The van der Waals surface area contributed by atoms with E-state index in [1.54, 1.807) is 6.92 Å². The van der Waals surface area contributed by atoms with Crippen LogP contribution in [0.25, 0.3) is 0 Å². The van der Waals surface area contributed by atoms with Gasteiger partial charge in [0, 0.05) is 6.04 Å². The van der Waals surface area contributed by atoms with Crippen LogP contribution in [0.15, 0.2) is 18.2 Å². The molecule has 0 heterocycles. The van der Waals surface area contributed by atoms with Gasteiger partial charge in [0.1, 0.15) is 0 Å². The molecule has 2 atom stereocenters. The molecular weight excluding hydrogens is 224 g/mol. The number of hydrogen-bond donors (Lipinski definition) is 2. The molecular formula is C13H19F2NO. The van der Waals surface area contributed by atoms with Gasteiger partial charge < -0.3 is 10.4 Å². The Hall–Kier alpha value is -1.00. The first-order valence-electron chi connectivity index (χ1n) is 5.77. The largest absolute Gasteiger partial charge is 0.394 e. The first-order chi connectivity index (χ1) is 7.92. The number of nitrogens with one attached hydrogen (secondary N) is 1. The molecule has 0 saturated heterocycles. The van der Waals surface area contributed by atoms with Crippen LogP contribution in [-0.4, -0.2) is 17.8 Å². The Morgan fingerprint density at radius 3 is 2.47 bits per heavy atom. The summed E-state index contributed by atoms with van der Waals surface area (Å²) in [5.41, 5.74) is -0.219. The van der Waals surface area contributed by atoms with Gasteiger partial charge in [-0.2, -0.15) is 0 Å². The molecule has 0 fully saturated rings. The molecule has 0 radical (unpaired) electrons. The van der Waals surface area contributed by atoms with Crippen LogP contribution >= 0.6 is 0 Å². The topological polar surface area (TPSA) is 32.3 Å². The molecule has 2 N–H and O–H groups in total. The van der Waals surface area contributed by atoms with Crippen molar-refractivity contribution >= 4 is 0 Å². The summed E-state index contributed by atoms with van der Waals surface area (Å²) in [4.78, 5) is 0. The van der Waals surface area contributed by atoms with Crippen LogP contribution in [0, 0.1) is 11.6 Å². The molecule has 2 unspecified atom stereocenters. The monoisotopic (exact) mass is 243 g/mol. The van der Waals surface area contributed by atoms with E-state index in [-0.39, 0.29) is 12.6 Å². The molecule has 17 heavy (non-hydrogen) atoms. The van der Waals surface area contributed by atoms with Crippen LogP contribution in [-0.2, 0) is 5.54 Å². The summed E-state index contributed by atoms with van der Waals surface area (Å²) in [5, 5.41) is 12.7. The predicted octanol–water partition coefficient (Wildman–Crippen LogP) is 2.56. The zero-order valence-electron chi connectivity index (χ0n) is 10.4. The van der Waals surface area contributed by atoms with Crippen molar-refractivity contribution in [3.8, 4) is 0 Å². The normalized spacial score (nSPS) is 16.6. The van der Waals surface area contributed by atoms with E-state index in [0.29, 0.717) is 5.56 Å². The zero-order valence-corrected chi connectivity index (χ0v) is 10.4. The summed E-state index contributed by atoms with van der Waals surface area (Å²) in [6.07, 6.45) is 0.888. The second-order valence-electron chi connectivity index (χ2n) is 4.57. The van der Waals surface area contributed by atoms with Crippen molar-refractivity contribution in [3.05, 3.63) is 35.4 Å². The number of aliphatic hydroxyl groups is 1. The molecule has 0 saturated carbocycles. The summed E-state index contributed by atoms with van der Waals surface area (Å²) in [6, 6.07) is 3.88. The molecule has 0 aliphatic heterocycles. The highest BCUT2D eigenvalue weighted by Gasteiger charge is 2.27. The van der Waals surface area contributed by atoms with Crippen molar-refractivity contribution in [2.24, 2.45) is 0 Å². The van der Waals surface area contributed by atoms with Gasteiger partial charge in [-0.25, -0.2) is 8.78 Å². The molecule has 0 aliphatic rings. The maximum atomic E-state index is 13.2. The Bertz CT molecular complexity index is 384. The third-order valence-corrected chi connectivity index (χ3v) is 3.05. The van der Waals surface area contributed by atoms with E-state index in [1.807, 2.05) is 13.8 Å². The summed E-state index contributed by atoms with van der Waals surface area (Å²) >= 11 is 0. The van der Waals surface area contributed by atoms with Crippen LogP contribution in [0.3, 0.4) is 0 Å². The van der Waals surface area contributed by atoms with Gasteiger partial charge in [-0.05, 0) is 38.0 Å². The number of aliphatic hydroxyl groups excluding tert-OH is 1. The maximum Gasteiger partial charge on any atom is 0.159 e. The molecule has 0 aliphatic carbocycles. The van der Waals surface area contributed by atoms with Crippen molar-refractivity contribution in [2.75, 3.05) is 6.61 Å². The number of hydrogen-bond acceptors (Lipinski definition) is 2. The molecule has 4 heteroatoms. The molecule has 2 nitrogen and oxygen atoms in total. The fourth-order valence-corrected chi connectivity index (χ4v) is 1.71. The van der Waals surface area contributed by atoms with Crippen molar-refractivity contribution in [1.29, 1.82) is 0 Å². The van der Waals surface area contributed by atoms with Crippen LogP contribution in [0.2, 0.25) is 0 Å². The molecule has 0 amide bonds.